The first kappa shape index (κ1) is 14.3. The normalized spacial score (nSPS) is 18.5. The van der Waals surface area contributed by atoms with Crippen LogP contribution in [0.1, 0.15) is 46.4 Å². The zero-order valence-electron chi connectivity index (χ0n) is 12.3. The molecular weight excluding hydrogens is 336 g/mol. The first-order valence-electron chi connectivity index (χ1n) is 6.92. The Bertz CT molecular complexity index is 652. The van der Waals surface area contributed by atoms with Crippen LogP contribution in [-0.4, -0.2) is 32.3 Å². The number of carbonyl (C=O) groups is 1. The zero-order valence-corrected chi connectivity index (χ0v) is 13.8. The number of rotatable bonds is 2. The van der Waals surface area contributed by atoms with Crippen LogP contribution < -0.4 is 0 Å². The number of halogens is 1. The van der Waals surface area contributed by atoms with Gasteiger partial charge in [-0.3, -0.25) is 9.48 Å². The van der Waals surface area contributed by atoms with Gasteiger partial charge in [0.05, 0.1) is 22.4 Å². The van der Waals surface area contributed by atoms with Gasteiger partial charge >= 0.3 is 0 Å². The Hall–Kier alpha value is -1.63. The molecule has 1 fully saturated rings. The first-order chi connectivity index (χ1) is 10.0. The lowest BCUT2D eigenvalue weighted by Gasteiger charge is -2.25. The Morgan fingerprint density at radius 3 is 2.81 bits per heavy atom. The molecule has 7 heteroatoms. The van der Waals surface area contributed by atoms with Crippen LogP contribution in [-0.2, 0) is 7.05 Å². The molecule has 3 heterocycles. The van der Waals surface area contributed by atoms with Crippen molar-refractivity contribution in [2.45, 2.75) is 32.7 Å². The molecule has 0 N–H and O–H groups in total. The van der Waals surface area contributed by atoms with Crippen molar-refractivity contribution in [2.24, 2.45) is 7.05 Å². The number of amides is 1. The molecule has 1 amide bonds. The van der Waals surface area contributed by atoms with Gasteiger partial charge in [-0.2, -0.15) is 5.10 Å². The maximum absolute atomic E-state index is 12.9. The van der Waals surface area contributed by atoms with Gasteiger partial charge in [0.2, 0.25) is 0 Å². The fourth-order valence-electron chi connectivity index (χ4n) is 3.06. The van der Waals surface area contributed by atoms with E-state index >= 15 is 0 Å². The Morgan fingerprint density at radius 2 is 2.24 bits per heavy atom. The number of carbonyl (C=O) groups excluding carboxylic acids is 1. The highest BCUT2D eigenvalue weighted by Gasteiger charge is 2.35. The molecule has 0 aromatic carbocycles. The maximum Gasteiger partial charge on any atom is 0.273 e. The van der Waals surface area contributed by atoms with Gasteiger partial charge in [-0.1, -0.05) is 5.16 Å². The number of aryl methyl sites for hydroxylation is 3. The minimum absolute atomic E-state index is 0.00984. The molecule has 1 aliphatic heterocycles. The summed E-state index contributed by atoms with van der Waals surface area (Å²) < 4.78 is 7.59. The van der Waals surface area contributed by atoms with Crippen molar-refractivity contribution in [3.63, 3.8) is 0 Å². The van der Waals surface area contributed by atoms with Crippen molar-refractivity contribution in [3.05, 3.63) is 33.4 Å². The van der Waals surface area contributed by atoms with E-state index < -0.39 is 0 Å². The van der Waals surface area contributed by atoms with E-state index in [0.717, 1.165) is 40.9 Å². The average Bonchev–Trinajstić information content (AvgIpc) is 3.11. The molecule has 21 heavy (non-hydrogen) atoms. The molecule has 1 aliphatic rings. The quantitative estimate of drug-likeness (QED) is 0.833. The minimum atomic E-state index is -0.00984. The van der Waals surface area contributed by atoms with Crippen LogP contribution in [0.4, 0.5) is 0 Å². The molecule has 6 nitrogen and oxygen atoms in total. The summed E-state index contributed by atoms with van der Waals surface area (Å²) in [5.41, 5.74) is 2.48. The molecule has 1 saturated heterocycles. The van der Waals surface area contributed by atoms with Crippen molar-refractivity contribution in [1.29, 1.82) is 0 Å². The molecule has 0 aliphatic carbocycles. The second kappa shape index (κ2) is 5.29. The summed E-state index contributed by atoms with van der Waals surface area (Å²) in [6.45, 7) is 4.56. The summed E-state index contributed by atoms with van der Waals surface area (Å²) in [5, 5.41) is 8.14. The monoisotopic (exact) mass is 352 g/mol. The van der Waals surface area contributed by atoms with Crippen LogP contribution in [0, 0.1) is 13.8 Å². The Balaban J connectivity index is 1.97. The first-order valence-corrected chi connectivity index (χ1v) is 7.71. The highest BCUT2D eigenvalue weighted by atomic mass is 79.9. The molecule has 3 rings (SSSR count). The van der Waals surface area contributed by atoms with Crippen LogP contribution in [0.15, 0.2) is 15.2 Å². The van der Waals surface area contributed by atoms with Gasteiger partial charge in [0.15, 0.2) is 0 Å². The van der Waals surface area contributed by atoms with Gasteiger partial charge in [0, 0.05) is 19.2 Å². The van der Waals surface area contributed by atoms with E-state index in [1.165, 1.54) is 0 Å². The number of hydrogen-bond donors (Lipinski definition) is 0. The third kappa shape index (κ3) is 2.29. The van der Waals surface area contributed by atoms with E-state index in [2.05, 4.69) is 26.2 Å². The van der Waals surface area contributed by atoms with Crippen molar-refractivity contribution in [3.8, 4) is 0 Å². The Kier molecular flexibility index (Phi) is 3.61. The van der Waals surface area contributed by atoms with Crippen LogP contribution in [0.3, 0.4) is 0 Å². The van der Waals surface area contributed by atoms with E-state index in [1.54, 1.807) is 17.9 Å². The summed E-state index contributed by atoms with van der Waals surface area (Å²) in [4.78, 5) is 14.8. The molecular formula is C14H17BrN4O2. The van der Waals surface area contributed by atoms with Crippen LogP contribution in [0.2, 0.25) is 0 Å². The van der Waals surface area contributed by atoms with Crippen LogP contribution >= 0.6 is 15.9 Å². The van der Waals surface area contributed by atoms with Gasteiger partial charge in [-0.05, 0) is 42.6 Å². The third-order valence-electron chi connectivity index (χ3n) is 4.03. The van der Waals surface area contributed by atoms with E-state index in [-0.39, 0.29) is 11.9 Å². The van der Waals surface area contributed by atoms with E-state index in [9.17, 15) is 4.79 Å². The molecule has 2 aromatic rings. The second-order valence-electron chi connectivity index (χ2n) is 5.36. The zero-order chi connectivity index (χ0) is 15.1. The van der Waals surface area contributed by atoms with Crippen molar-refractivity contribution in [1.82, 2.24) is 19.8 Å². The standard InChI is InChI=1S/C14H17BrN4O2/c1-8-12(9(2)21-17-8)11-5-4-6-19(11)14(20)13-10(15)7-16-18(13)3/h7,11H,4-6H2,1-3H3/t11-/m0/s1. The smallest absolute Gasteiger partial charge is 0.273 e. The number of likely N-dealkylation sites (tertiary alicyclic amines) is 1. The lowest BCUT2D eigenvalue weighted by atomic mass is 10.0. The third-order valence-corrected chi connectivity index (χ3v) is 4.61. The second-order valence-corrected chi connectivity index (χ2v) is 6.21. The fourth-order valence-corrected chi connectivity index (χ4v) is 3.58. The number of aromatic nitrogens is 3. The number of nitrogens with zero attached hydrogens (tertiary/aromatic N) is 4. The topological polar surface area (TPSA) is 64.2 Å². The van der Waals surface area contributed by atoms with Crippen molar-refractivity contribution in [2.75, 3.05) is 6.54 Å². The summed E-state index contributed by atoms with van der Waals surface area (Å²) >= 11 is 3.40. The molecule has 0 spiro atoms. The van der Waals surface area contributed by atoms with Crippen LogP contribution in [0.25, 0.3) is 0 Å². The van der Waals surface area contributed by atoms with Gasteiger partial charge < -0.3 is 9.42 Å². The van der Waals surface area contributed by atoms with Gasteiger partial charge in [0.1, 0.15) is 11.5 Å². The molecule has 0 saturated carbocycles. The number of hydrogen-bond acceptors (Lipinski definition) is 4. The predicted molar refractivity (Wildman–Crippen MR) is 79.9 cm³/mol. The molecule has 112 valence electrons. The largest absolute Gasteiger partial charge is 0.361 e. The van der Waals surface area contributed by atoms with Gasteiger partial charge in [-0.15, -0.1) is 0 Å². The van der Waals surface area contributed by atoms with E-state index in [0.29, 0.717) is 5.69 Å². The van der Waals surface area contributed by atoms with Crippen molar-refractivity contribution >= 4 is 21.8 Å². The highest BCUT2D eigenvalue weighted by molar-refractivity contribution is 9.10. The Morgan fingerprint density at radius 1 is 1.48 bits per heavy atom. The molecule has 2 aromatic heterocycles. The fraction of sp³-hybridized carbons (Fsp3) is 0.500. The molecule has 0 radical (unpaired) electrons. The van der Waals surface area contributed by atoms with Gasteiger partial charge in [0.25, 0.3) is 5.91 Å². The predicted octanol–water partition coefficient (Wildman–Crippen LogP) is 2.76. The summed E-state index contributed by atoms with van der Waals surface area (Å²) in [6.07, 6.45) is 3.56. The van der Waals surface area contributed by atoms with E-state index in [4.69, 9.17) is 4.52 Å². The van der Waals surface area contributed by atoms with Crippen molar-refractivity contribution < 1.29 is 9.32 Å². The summed E-state index contributed by atoms with van der Waals surface area (Å²) in [6, 6.07) is 0.0329. The Labute approximate surface area is 131 Å². The van der Waals surface area contributed by atoms with Gasteiger partial charge in [-0.25, -0.2) is 0 Å². The summed E-state index contributed by atoms with van der Waals surface area (Å²) in [5.74, 6) is 0.783. The maximum atomic E-state index is 12.9. The molecule has 0 unspecified atom stereocenters. The lowest BCUT2D eigenvalue weighted by molar-refractivity contribution is 0.0722. The molecule has 0 bridgehead atoms. The minimum Gasteiger partial charge on any atom is -0.361 e. The summed E-state index contributed by atoms with van der Waals surface area (Å²) in [7, 11) is 1.78. The SMILES string of the molecule is Cc1noc(C)c1[C@@H]1CCCN1C(=O)c1c(Br)cnn1C. The molecule has 1 atom stereocenters. The van der Waals surface area contributed by atoms with E-state index in [1.807, 2.05) is 18.7 Å². The highest BCUT2D eigenvalue weighted by Crippen LogP contribution is 2.37. The lowest BCUT2D eigenvalue weighted by Crippen LogP contribution is -2.32. The average molecular weight is 353 g/mol. The van der Waals surface area contributed by atoms with Crippen LogP contribution in [0.5, 0.6) is 0 Å².